The summed E-state index contributed by atoms with van der Waals surface area (Å²) in [6.45, 7) is 0. The van der Waals surface area contributed by atoms with E-state index in [-0.39, 0.29) is 0 Å². The van der Waals surface area contributed by atoms with E-state index in [2.05, 4.69) is 150 Å². The zero-order valence-corrected chi connectivity index (χ0v) is 25.5. The van der Waals surface area contributed by atoms with Gasteiger partial charge in [-0.25, -0.2) is 15.0 Å². The molecule has 3 heterocycles. The zero-order valence-electron chi connectivity index (χ0n) is 25.5. The van der Waals surface area contributed by atoms with Gasteiger partial charge >= 0.3 is 0 Å². The lowest BCUT2D eigenvalue weighted by molar-refractivity contribution is 1.18. The molecule has 0 radical (unpaired) electrons. The molecule has 0 aliphatic carbocycles. The molecule has 6 aromatic carbocycles. The Balaban J connectivity index is 1.18. The summed E-state index contributed by atoms with van der Waals surface area (Å²) in [5.41, 5.74) is 9.93. The molecule has 0 spiro atoms. The van der Waals surface area contributed by atoms with Crippen LogP contribution in [0.1, 0.15) is 0 Å². The van der Waals surface area contributed by atoms with E-state index in [1.165, 1.54) is 21.5 Å². The monoisotopic (exact) mass is 600 g/mol. The van der Waals surface area contributed by atoms with Crippen molar-refractivity contribution in [3.63, 3.8) is 0 Å². The Labute approximate surface area is 272 Å². The third-order valence-electron chi connectivity index (χ3n) is 8.81. The maximum Gasteiger partial charge on any atom is 0.160 e. The minimum Gasteiger partial charge on any atom is -0.299 e. The lowest BCUT2D eigenvalue weighted by atomic mass is 10.0. The molecule has 47 heavy (non-hydrogen) atoms. The van der Waals surface area contributed by atoms with Crippen LogP contribution >= 0.6 is 0 Å². The van der Waals surface area contributed by atoms with E-state index in [1.54, 1.807) is 0 Å². The number of hydrogen-bond acceptors (Lipinski definition) is 3. The second-order valence-electron chi connectivity index (χ2n) is 11.8. The van der Waals surface area contributed by atoms with E-state index in [1.807, 2.05) is 24.3 Å². The number of fused-ring (bicyclic) bond motifs is 3. The van der Waals surface area contributed by atoms with Crippen LogP contribution in [0.2, 0.25) is 0 Å². The molecule has 9 aromatic rings. The lowest BCUT2D eigenvalue weighted by Crippen LogP contribution is -1.96. The van der Waals surface area contributed by atoms with Gasteiger partial charge in [0.1, 0.15) is 5.65 Å². The van der Waals surface area contributed by atoms with Crippen LogP contribution < -0.4 is 0 Å². The summed E-state index contributed by atoms with van der Waals surface area (Å²) < 4.78 is 2.16. The summed E-state index contributed by atoms with van der Waals surface area (Å²) in [7, 11) is 0. The van der Waals surface area contributed by atoms with Gasteiger partial charge in [0, 0.05) is 34.0 Å². The second kappa shape index (κ2) is 11.2. The number of imidazole rings is 1. The number of hydrogen-bond donors (Lipinski definition) is 0. The molecule has 0 atom stereocenters. The van der Waals surface area contributed by atoms with Crippen molar-refractivity contribution in [3.8, 4) is 56.4 Å². The quantitative estimate of drug-likeness (QED) is 0.197. The summed E-state index contributed by atoms with van der Waals surface area (Å²) >= 11 is 0. The normalized spacial score (nSPS) is 11.4. The number of nitrogens with zero attached hydrogens (tertiary/aromatic N) is 4. The summed E-state index contributed by atoms with van der Waals surface area (Å²) in [6.07, 6.45) is 2.07. The van der Waals surface area contributed by atoms with Crippen molar-refractivity contribution in [2.45, 2.75) is 0 Å². The molecule has 0 amide bonds. The molecule has 9 rings (SSSR count). The first-order valence-electron chi connectivity index (χ1n) is 15.8. The van der Waals surface area contributed by atoms with Crippen LogP contribution in [0.4, 0.5) is 0 Å². The molecule has 0 unspecified atom stereocenters. The maximum atomic E-state index is 5.14. The van der Waals surface area contributed by atoms with Crippen molar-refractivity contribution in [2.24, 2.45) is 0 Å². The van der Waals surface area contributed by atoms with Crippen molar-refractivity contribution in [1.82, 2.24) is 19.4 Å². The predicted octanol–water partition coefficient (Wildman–Crippen LogP) is 10.8. The largest absolute Gasteiger partial charge is 0.299 e. The Hall–Kier alpha value is -6.39. The van der Waals surface area contributed by atoms with Crippen molar-refractivity contribution in [3.05, 3.63) is 170 Å². The SMILES string of the molecule is c1ccc(-c2c(-c3ccc(-c4nc(-c5ccc6ccccc6c5)cc(-c5ccc6ccccc6c5)n4)cc3)nc3ccccn23)cc1. The Bertz CT molecular complexity index is 2470. The van der Waals surface area contributed by atoms with Gasteiger partial charge in [0.15, 0.2) is 5.82 Å². The van der Waals surface area contributed by atoms with Gasteiger partial charge in [-0.2, -0.15) is 0 Å². The fraction of sp³-hybridized carbons (Fsp3) is 0. The van der Waals surface area contributed by atoms with Crippen molar-refractivity contribution >= 4 is 27.2 Å². The average molecular weight is 601 g/mol. The van der Waals surface area contributed by atoms with E-state index >= 15 is 0 Å². The minimum atomic E-state index is 0.684. The predicted molar refractivity (Wildman–Crippen MR) is 193 cm³/mol. The molecule has 0 bridgehead atoms. The van der Waals surface area contributed by atoms with Crippen LogP contribution in [-0.2, 0) is 0 Å². The smallest absolute Gasteiger partial charge is 0.160 e. The highest BCUT2D eigenvalue weighted by atomic mass is 15.0. The Morgan fingerprint density at radius 1 is 0.362 bits per heavy atom. The van der Waals surface area contributed by atoms with E-state index in [9.17, 15) is 0 Å². The minimum absolute atomic E-state index is 0.684. The molecule has 0 aliphatic rings. The van der Waals surface area contributed by atoms with Gasteiger partial charge in [-0.1, -0.05) is 133 Å². The fourth-order valence-electron chi connectivity index (χ4n) is 6.42. The van der Waals surface area contributed by atoms with Crippen LogP contribution in [0.15, 0.2) is 170 Å². The third kappa shape index (κ3) is 4.93. The van der Waals surface area contributed by atoms with Crippen LogP contribution in [0.5, 0.6) is 0 Å². The fourth-order valence-corrected chi connectivity index (χ4v) is 6.42. The number of rotatable bonds is 5. The highest BCUT2D eigenvalue weighted by Crippen LogP contribution is 2.35. The molecule has 0 saturated heterocycles. The van der Waals surface area contributed by atoms with Crippen LogP contribution in [0, 0.1) is 0 Å². The number of pyridine rings is 1. The van der Waals surface area contributed by atoms with E-state index in [0.29, 0.717) is 5.82 Å². The summed E-state index contributed by atoms with van der Waals surface area (Å²) in [5, 5.41) is 4.78. The van der Waals surface area contributed by atoms with E-state index < -0.39 is 0 Å². The van der Waals surface area contributed by atoms with Crippen molar-refractivity contribution in [1.29, 1.82) is 0 Å². The van der Waals surface area contributed by atoms with Gasteiger partial charge in [-0.05, 0) is 51.9 Å². The van der Waals surface area contributed by atoms with Gasteiger partial charge in [-0.15, -0.1) is 0 Å². The van der Waals surface area contributed by atoms with Crippen LogP contribution in [-0.4, -0.2) is 19.4 Å². The van der Waals surface area contributed by atoms with E-state index in [0.717, 1.165) is 56.2 Å². The first kappa shape index (κ1) is 27.0. The average Bonchev–Trinajstić information content (AvgIpc) is 3.54. The second-order valence-corrected chi connectivity index (χ2v) is 11.8. The van der Waals surface area contributed by atoms with Crippen molar-refractivity contribution < 1.29 is 0 Å². The first-order chi connectivity index (χ1) is 23.3. The molecule has 220 valence electrons. The summed E-state index contributed by atoms with van der Waals surface area (Å²) in [5.74, 6) is 0.684. The molecule has 0 aliphatic heterocycles. The highest BCUT2D eigenvalue weighted by Gasteiger charge is 2.17. The summed E-state index contributed by atoms with van der Waals surface area (Å²) in [6, 6.07) is 57.0. The van der Waals surface area contributed by atoms with Gasteiger partial charge in [0.2, 0.25) is 0 Å². The first-order valence-corrected chi connectivity index (χ1v) is 15.8. The van der Waals surface area contributed by atoms with Crippen LogP contribution in [0.3, 0.4) is 0 Å². The maximum absolute atomic E-state index is 5.14. The highest BCUT2D eigenvalue weighted by molar-refractivity contribution is 5.90. The van der Waals surface area contributed by atoms with Crippen molar-refractivity contribution in [2.75, 3.05) is 0 Å². The Morgan fingerprint density at radius 2 is 0.894 bits per heavy atom. The Kier molecular flexibility index (Phi) is 6.43. The lowest BCUT2D eigenvalue weighted by Gasteiger charge is -2.11. The molecular weight excluding hydrogens is 573 g/mol. The molecule has 0 saturated carbocycles. The topological polar surface area (TPSA) is 43.1 Å². The molecule has 4 nitrogen and oxygen atoms in total. The third-order valence-corrected chi connectivity index (χ3v) is 8.81. The standard InChI is InChI=1S/C43H28N4/c1-2-12-32(13-3-1)42-41(46-40-16-8-9-25-47(40)42)31-19-21-33(22-20-31)43-44-38(36-23-17-29-10-4-6-14-34(29)26-36)28-39(45-43)37-24-18-30-11-5-7-15-35(30)27-37/h1-28H. The molecule has 3 aromatic heterocycles. The van der Waals surface area contributed by atoms with Crippen LogP contribution in [0.25, 0.3) is 83.6 Å². The van der Waals surface area contributed by atoms with Gasteiger partial charge in [-0.3, -0.25) is 4.40 Å². The molecule has 0 fully saturated rings. The molecular formula is C43H28N4. The number of aromatic nitrogens is 4. The van der Waals surface area contributed by atoms with Gasteiger partial charge < -0.3 is 0 Å². The Morgan fingerprint density at radius 3 is 1.53 bits per heavy atom. The summed E-state index contributed by atoms with van der Waals surface area (Å²) in [4.78, 5) is 15.3. The molecule has 4 heteroatoms. The van der Waals surface area contributed by atoms with Gasteiger partial charge in [0.05, 0.1) is 22.8 Å². The van der Waals surface area contributed by atoms with Gasteiger partial charge in [0.25, 0.3) is 0 Å². The molecule has 0 N–H and O–H groups in total. The van der Waals surface area contributed by atoms with E-state index in [4.69, 9.17) is 15.0 Å². The zero-order chi connectivity index (χ0) is 31.2. The number of benzene rings is 6.